The second-order valence-electron chi connectivity index (χ2n) is 9.35. The number of hydrogen-bond acceptors (Lipinski definition) is 7. The first-order chi connectivity index (χ1) is 18.9. The van der Waals surface area contributed by atoms with Gasteiger partial charge >= 0.3 is 0 Å². The number of nitrogens with zero attached hydrogens (tertiary/aromatic N) is 3. The standard InChI is InChI=1S/C29H31N3O5S2/c1-3-36-25-12-7-13-26-27(25)30-29(38-26)32(19-21-9-5-4-6-10-21)28(33)22-14-16-24(17-15-22)39(34,35)31(2)20-23-11-8-18-37-23/h4-7,9-10,12-17,23H,3,8,11,18-20H2,1-2H3. The number of aromatic nitrogens is 1. The Morgan fingerprint density at radius 3 is 2.54 bits per heavy atom. The van der Waals surface area contributed by atoms with E-state index in [0.29, 0.717) is 48.3 Å². The van der Waals surface area contributed by atoms with Gasteiger partial charge in [-0.1, -0.05) is 47.7 Å². The zero-order valence-corrected chi connectivity index (χ0v) is 23.6. The van der Waals surface area contributed by atoms with Gasteiger partial charge in [-0.15, -0.1) is 0 Å². The van der Waals surface area contributed by atoms with Crippen LogP contribution < -0.4 is 9.64 Å². The fraction of sp³-hybridized carbons (Fsp3) is 0.310. The molecule has 5 rings (SSSR count). The number of ether oxygens (including phenoxy) is 2. The Hall–Kier alpha value is -3.31. The van der Waals surface area contributed by atoms with Crippen molar-refractivity contribution < 1.29 is 22.7 Å². The Labute approximate surface area is 232 Å². The number of para-hydroxylation sites is 1. The quantitative estimate of drug-likeness (QED) is 0.258. The van der Waals surface area contributed by atoms with Crippen LogP contribution in [-0.2, 0) is 21.3 Å². The van der Waals surface area contributed by atoms with E-state index >= 15 is 0 Å². The van der Waals surface area contributed by atoms with Gasteiger partial charge in [0.05, 0.1) is 28.9 Å². The Balaban J connectivity index is 1.44. The van der Waals surface area contributed by atoms with E-state index in [-0.39, 0.29) is 16.9 Å². The molecule has 0 saturated carbocycles. The summed E-state index contributed by atoms with van der Waals surface area (Å²) in [5.74, 6) is 0.402. The van der Waals surface area contributed by atoms with Gasteiger partial charge in [0.2, 0.25) is 10.0 Å². The summed E-state index contributed by atoms with van der Waals surface area (Å²) in [4.78, 5) is 20.4. The zero-order chi connectivity index (χ0) is 27.4. The first kappa shape index (κ1) is 27.3. The van der Waals surface area contributed by atoms with E-state index < -0.39 is 10.0 Å². The van der Waals surface area contributed by atoms with Crippen molar-refractivity contribution in [3.8, 4) is 5.75 Å². The molecule has 0 spiro atoms. The smallest absolute Gasteiger partial charge is 0.260 e. The lowest BCUT2D eigenvalue weighted by molar-refractivity contribution is 0.0978. The highest BCUT2D eigenvalue weighted by atomic mass is 32.2. The molecule has 10 heteroatoms. The average Bonchev–Trinajstić information content (AvgIpc) is 3.63. The molecule has 4 aromatic rings. The molecule has 1 fully saturated rings. The highest BCUT2D eigenvalue weighted by Crippen LogP contribution is 2.35. The second-order valence-corrected chi connectivity index (χ2v) is 12.4. The van der Waals surface area contributed by atoms with E-state index in [9.17, 15) is 13.2 Å². The van der Waals surface area contributed by atoms with E-state index in [1.165, 1.54) is 27.8 Å². The first-order valence-electron chi connectivity index (χ1n) is 12.9. The monoisotopic (exact) mass is 565 g/mol. The lowest BCUT2D eigenvalue weighted by Crippen LogP contribution is -2.34. The molecule has 8 nitrogen and oxygen atoms in total. The van der Waals surface area contributed by atoms with Crippen LogP contribution in [0.4, 0.5) is 5.13 Å². The van der Waals surface area contributed by atoms with Gasteiger partial charge in [0, 0.05) is 25.8 Å². The number of anilines is 1. The van der Waals surface area contributed by atoms with Crippen LogP contribution in [-0.4, -0.2) is 56.5 Å². The van der Waals surface area contributed by atoms with Crippen LogP contribution in [0.15, 0.2) is 77.7 Å². The Kier molecular flexibility index (Phi) is 8.27. The van der Waals surface area contributed by atoms with E-state index in [2.05, 4.69) is 0 Å². The van der Waals surface area contributed by atoms with Crippen molar-refractivity contribution in [1.29, 1.82) is 0 Å². The molecule has 1 unspecified atom stereocenters. The average molecular weight is 566 g/mol. The van der Waals surface area contributed by atoms with Gasteiger partial charge in [-0.05, 0) is 61.7 Å². The summed E-state index contributed by atoms with van der Waals surface area (Å²) in [7, 11) is -2.16. The van der Waals surface area contributed by atoms with Crippen molar-refractivity contribution in [2.75, 3.05) is 31.7 Å². The molecule has 1 saturated heterocycles. The van der Waals surface area contributed by atoms with E-state index in [0.717, 1.165) is 23.1 Å². The third-order valence-corrected chi connectivity index (χ3v) is 9.51. The molecule has 0 bridgehead atoms. The van der Waals surface area contributed by atoms with Gasteiger partial charge in [-0.3, -0.25) is 9.69 Å². The maximum atomic E-state index is 13.8. The number of rotatable bonds is 10. The minimum absolute atomic E-state index is 0.0887. The number of sulfonamides is 1. The molecule has 3 aromatic carbocycles. The van der Waals surface area contributed by atoms with Crippen molar-refractivity contribution in [2.45, 2.75) is 37.3 Å². The molecule has 2 heterocycles. The lowest BCUT2D eigenvalue weighted by Gasteiger charge is -2.22. The zero-order valence-electron chi connectivity index (χ0n) is 21.9. The van der Waals surface area contributed by atoms with Crippen molar-refractivity contribution in [1.82, 2.24) is 9.29 Å². The van der Waals surface area contributed by atoms with E-state index in [1.54, 1.807) is 24.1 Å². The largest absolute Gasteiger partial charge is 0.492 e. The molecule has 204 valence electrons. The topological polar surface area (TPSA) is 89.0 Å². The first-order valence-corrected chi connectivity index (χ1v) is 15.2. The summed E-state index contributed by atoms with van der Waals surface area (Å²) in [6, 6.07) is 21.5. The van der Waals surface area contributed by atoms with Crippen molar-refractivity contribution in [2.24, 2.45) is 0 Å². The molecule has 39 heavy (non-hydrogen) atoms. The molecule has 0 aliphatic carbocycles. The summed E-state index contributed by atoms with van der Waals surface area (Å²) in [5.41, 5.74) is 2.03. The summed E-state index contributed by atoms with van der Waals surface area (Å²) in [5, 5.41) is 0.541. The van der Waals surface area contributed by atoms with Crippen LogP contribution in [0.2, 0.25) is 0 Å². The lowest BCUT2D eigenvalue weighted by atomic mass is 10.1. The summed E-state index contributed by atoms with van der Waals surface area (Å²) >= 11 is 1.41. The van der Waals surface area contributed by atoms with Gasteiger partial charge in [-0.25, -0.2) is 13.4 Å². The summed E-state index contributed by atoms with van der Waals surface area (Å²) in [6.45, 7) is 3.71. The molecule has 0 N–H and O–H groups in total. The SMILES string of the molecule is CCOc1cccc2sc(N(Cc3ccccc3)C(=O)c3ccc(S(=O)(=O)N(C)CC4CCCO4)cc3)nc12. The number of thiazole rings is 1. The Morgan fingerprint density at radius 2 is 1.85 bits per heavy atom. The minimum Gasteiger partial charge on any atom is -0.492 e. The molecule has 1 aliphatic rings. The van der Waals surface area contributed by atoms with Crippen LogP contribution in [0.25, 0.3) is 10.2 Å². The van der Waals surface area contributed by atoms with Gasteiger partial charge < -0.3 is 9.47 Å². The fourth-order valence-electron chi connectivity index (χ4n) is 4.57. The van der Waals surface area contributed by atoms with Crippen molar-refractivity contribution in [3.05, 3.63) is 83.9 Å². The number of carbonyl (C=O) groups excluding carboxylic acids is 1. The van der Waals surface area contributed by atoms with Gasteiger partial charge in [0.15, 0.2) is 5.13 Å². The third-order valence-electron chi connectivity index (χ3n) is 6.62. The normalized spacial score (nSPS) is 15.6. The number of benzene rings is 3. The fourth-order valence-corrected chi connectivity index (χ4v) is 6.75. The summed E-state index contributed by atoms with van der Waals surface area (Å²) in [6.07, 6.45) is 1.70. The predicted octanol–water partition coefficient (Wildman–Crippen LogP) is 5.34. The van der Waals surface area contributed by atoms with Gasteiger partial charge in [0.25, 0.3) is 5.91 Å². The maximum Gasteiger partial charge on any atom is 0.260 e. The number of hydrogen-bond donors (Lipinski definition) is 0. The van der Waals surface area contributed by atoms with E-state index in [1.807, 2.05) is 55.5 Å². The molecule has 1 aromatic heterocycles. The third kappa shape index (κ3) is 5.99. The number of likely N-dealkylation sites (N-methyl/N-ethyl adjacent to an activating group) is 1. The molecular weight excluding hydrogens is 534 g/mol. The van der Waals surface area contributed by atoms with Crippen LogP contribution in [0.1, 0.15) is 35.7 Å². The van der Waals surface area contributed by atoms with Crippen LogP contribution in [0, 0.1) is 0 Å². The minimum atomic E-state index is -3.71. The molecule has 0 radical (unpaired) electrons. The molecule has 1 atom stereocenters. The van der Waals surface area contributed by atoms with E-state index in [4.69, 9.17) is 14.5 Å². The van der Waals surface area contributed by atoms with Crippen LogP contribution in [0.5, 0.6) is 5.75 Å². The summed E-state index contributed by atoms with van der Waals surface area (Å²) < 4.78 is 39.9. The number of fused-ring (bicyclic) bond motifs is 1. The molecular formula is C29H31N3O5S2. The number of carbonyl (C=O) groups is 1. The number of amides is 1. The maximum absolute atomic E-state index is 13.8. The molecule has 1 aliphatic heterocycles. The van der Waals surface area contributed by atoms with Gasteiger partial charge in [0.1, 0.15) is 11.3 Å². The predicted molar refractivity (Wildman–Crippen MR) is 153 cm³/mol. The van der Waals surface area contributed by atoms with Crippen LogP contribution >= 0.6 is 11.3 Å². The Morgan fingerprint density at radius 1 is 1.08 bits per heavy atom. The highest BCUT2D eigenvalue weighted by Gasteiger charge is 2.27. The highest BCUT2D eigenvalue weighted by molar-refractivity contribution is 7.89. The van der Waals surface area contributed by atoms with Gasteiger partial charge in [-0.2, -0.15) is 4.31 Å². The van der Waals surface area contributed by atoms with Crippen molar-refractivity contribution in [3.63, 3.8) is 0 Å². The van der Waals surface area contributed by atoms with Crippen LogP contribution in [0.3, 0.4) is 0 Å². The van der Waals surface area contributed by atoms with Crippen molar-refractivity contribution >= 4 is 42.6 Å². The Bertz CT molecular complexity index is 1530. The molecule has 1 amide bonds. The second kappa shape index (κ2) is 11.8.